The number of hydrogen-bond acceptors (Lipinski definition) is 3. The molecule has 1 unspecified atom stereocenters. The summed E-state index contributed by atoms with van der Waals surface area (Å²) in [5, 5.41) is 0. The van der Waals surface area contributed by atoms with Crippen LogP contribution in [0, 0.1) is 0 Å². The molecule has 0 amide bonds. The summed E-state index contributed by atoms with van der Waals surface area (Å²) in [6.45, 7) is 8.78. The van der Waals surface area contributed by atoms with Crippen LogP contribution in [0.15, 0.2) is 18.5 Å². The summed E-state index contributed by atoms with van der Waals surface area (Å²) in [6.07, 6.45) is 4.70. The second kappa shape index (κ2) is 6.16. The van der Waals surface area contributed by atoms with Gasteiger partial charge in [-0.1, -0.05) is 13.8 Å². The van der Waals surface area contributed by atoms with Crippen LogP contribution in [0.2, 0.25) is 0 Å². The van der Waals surface area contributed by atoms with Crippen molar-refractivity contribution in [1.82, 2.24) is 9.47 Å². The number of ketones is 1. The molecule has 100 valence electrons. The molecule has 0 radical (unpaired) electrons. The Labute approximate surface area is 109 Å². The van der Waals surface area contributed by atoms with Gasteiger partial charge in [0.15, 0.2) is 5.78 Å². The SMILES string of the molecule is CCC(=O)c1ccn(CC2CN(CC)CCO2)c1. The lowest BCUT2D eigenvalue weighted by atomic mass is 10.2. The van der Waals surface area contributed by atoms with Crippen molar-refractivity contribution in [3.05, 3.63) is 24.0 Å². The molecule has 0 N–H and O–H groups in total. The maximum absolute atomic E-state index is 11.6. The molecule has 18 heavy (non-hydrogen) atoms. The summed E-state index contributed by atoms with van der Waals surface area (Å²) < 4.78 is 7.82. The van der Waals surface area contributed by atoms with Gasteiger partial charge in [-0.05, 0) is 12.6 Å². The average Bonchev–Trinajstić information content (AvgIpc) is 2.86. The normalized spacial score (nSPS) is 21.1. The van der Waals surface area contributed by atoms with E-state index in [4.69, 9.17) is 4.74 Å². The van der Waals surface area contributed by atoms with Gasteiger partial charge in [0.2, 0.25) is 0 Å². The minimum absolute atomic E-state index is 0.202. The van der Waals surface area contributed by atoms with Crippen LogP contribution >= 0.6 is 0 Å². The largest absolute Gasteiger partial charge is 0.374 e. The molecule has 0 spiro atoms. The second-order valence-electron chi connectivity index (χ2n) is 4.76. The van der Waals surface area contributed by atoms with Crippen LogP contribution in [0.4, 0.5) is 0 Å². The third kappa shape index (κ3) is 3.21. The lowest BCUT2D eigenvalue weighted by molar-refractivity contribution is -0.0342. The highest BCUT2D eigenvalue weighted by atomic mass is 16.5. The number of morpholine rings is 1. The quantitative estimate of drug-likeness (QED) is 0.747. The first-order chi connectivity index (χ1) is 8.72. The van der Waals surface area contributed by atoms with Crippen LogP contribution < -0.4 is 0 Å². The van der Waals surface area contributed by atoms with Crippen molar-refractivity contribution in [1.29, 1.82) is 0 Å². The summed E-state index contributed by atoms with van der Waals surface area (Å²) in [5.74, 6) is 0.202. The van der Waals surface area contributed by atoms with E-state index < -0.39 is 0 Å². The zero-order valence-electron chi connectivity index (χ0n) is 11.3. The smallest absolute Gasteiger partial charge is 0.164 e. The van der Waals surface area contributed by atoms with Crippen LogP contribution in [0.25, 0.3) is 0 Å². The van der Waals surface area contributed by atoms with Gasteiger partial charge in [0, 0.05) is 44.0 Å². The van der Waals surface area contributed by atoms with Gasteiger partial charge >= 0.3 is 0 Å². The molecule has 1 aliphatic rings. The van der Waals surface area contributed by atoms with Crippen LogP contribution in [0.5, 0.6) is 0 Å². The van der Waals surface area contributed by atoms with E-state index in [9.17, 15) is 4.79 Å². The molecule has 2 rings (SSSR count). The molecule has 1 aromatic rings. The first kappa shape index (κ1) is 13.3. The van der Waals surface area contributed by atoms with Gasteiger partial charge < -0.3 is 9.30 Å². The minimum atomic E-state index is 0.202. The van der Waals surface area contributed by atoms with Crippen LogP contribution in [-0.4, -0.2) is 47.6 Å². The monoisotopic (exact) mass is 250 g/mol. The van der Waals surface area contributed by atoms with E-state index in [0.29, 0.717) is 6.42 Å². The number of aromatic nitrogens is 1. The fourth-order valence-corrected chi connectivity index (χ4v) is 2.34. The molecule has 4 nitrogen and oxygen atoms in total. The topological polar surface area (TPSA) is 34.5 Å². The van der Waals surface area contributed by atoms with E-state index >= 15 is 0 Å². The molecule has 0 saturated carbocycles. The van der Waals surface area contributed by atoms with E-state index in [1.807, 2.05) is 25.4 Å². The number of carbonyl (C=O) groups is 1. The first-order valence-corrected chi connectivity index (χ1v) is 6.75. The molecule has 0 aliphatic carbocycles. The van der Waals surface area contributed by atoms with Crippen molar-refractivity contribution in [2.45, 2.75) is 32.9 Å². The Balaban J connectivity index is 1.92. The van der Waals surface area contributed by atoms with Crippen molar-refractivity contribution >= 4 is 5.78 Å². The summed E-state index contributed by atoms with van der Waals surface area (Å²) in [4.78, 5) is 14.0. The lowest BCUT2D eigenvalue weighted by Gasteiger charge is -2.32. The van der Waals surface area contributed by atoms with Crippen LogP contribution in [-0.2, 0) is 11.3 Å². The summed E-state index contributed by atoms with van der Waals surface area (Å²) >= 11 is 0. The zero-order chi connectivity index (χ0) is 13.0. The molecule has 2 heterocycles. The Morgan fingerprint density at radius 1 is 1.50 bits per heavy atom. The van der Waals surface area contributed by atoms with Crippen molar-refractivity contribution in [2.24, 2.45) is 0 Å². The second-order valence-corrected chi connectivity index (χ2v) is 4.76. The average molecular weight is 250 g/mol. The molecule has 1 aromatic heterocycles. The van der Waals surface area contributed by atoms with E-state index in [2.05, 4.69) is 16.4 Å². The van der Waals surface area contributed by atoms with Gasteiger partial charge in [-0.2, -0.15) is 0 Å². The standard InChI is InChI=1S/C14H22N2O2/c1-3-14(17)12-5-6-16(9-12)11-13-10-15(4-2)7-8-18-13/h5-6,9,13H,3-4,7-8,10-11H2,1-2H3. The molecule has 0 aromatic carbocycles. The van der Waals surface area contributed by atoms with E-state index in [-0.39, 0.29) is 11.9 Å². The Hall–Kier alpha value is -1.13. The highest BCUT2D eigenvalue weighted by molar-refractivity contribution is 5.95. The van der Waals surface area contributed by atoms with Crippen molar-refractivity contribution in [3.8, 4) is 0 Å². The summed E-state index contributed by atoms with van der Waals surface area (Å²) in [7, 11) is 0. The third-order valence-electron chi connectivity index (χ3n) is 3.48. The number of rotatable bonds is 5. The van der Waals surface area contributed by atoms with Gasteiger partial charge in [0.05, 0.1) is 12.7 Å². The molecular weight excluding hydrogens is 228 g/mol. The van der Waals surface area contributed by atoms with Crippen molar-refractivity contribution < 1.29 is 9.53 Å². The molecular formula is C14H22N2O2. The fraction of sp³-hybridized carbons (Fsp3) is 0.643. The Morgan fingerprint density at radius 3 is 3.06 bits per heavy atom. The predicted molar refractivity (Wildman–Crippen MR) is 70.9 cm³/mol. The summed E-state index contributed by atoms with van der Waals surface area (Å²) in [5.41, 5.74) is 0.806. The van der Waals surface area contributed by atoms with Gasteiger partial charge in [-0.3, -0.25) is 9.69 Å². The van der Waals surface area contributed by atoms with Crippen LogP contribution in [0.1, 0.15) is 30.6 Å². The third-order valence-corrected chi connectivity index (χ3v) is 3.48. The van der Waals surface area contributed by atoms with Crippen molar-refractivity contribution in [3.63, 3.8) is 0 Å². The highest BCUT2D eigenvalue weighted by Gasteiger charge is 2.19. The first-order valence-electron chi connectivity index (χ1n) is 6.75. The number of carbonyl (C=O) groups excluding carboxylic acids is 1. The van der Waals surface area contributed by atoms with Gasteiger partial charge in [-0.25, -0.2) is 0 Å². The number of Topliss-reactive ketones (excluding diaryl/α,β-unsaturated/α-hetero) is 1. The molecule has 1 aliphatic heterocycles. The Bertz CT molecular complexity index is 400. The van der Waals surface area contributed by atoms with Gasteiger partial charge in [0.1, 0.15) is 0 Å². The van der Waals surface area contributed by atoms with E-state index in [1.54, 1.807) is 0 Å². The van der Waals surface area contributed by atoms with Gasteiger partial charge in [0.25, 0.3) is 0 Å². The van der Waals surface area contributed by atoms with E-state index in [1.165, 1.54) is 0 Å². The zero-order valence-corrected chi connectivity index (χ0v) is 11.3. The molecule has 1 atom stereocenters. The minimum Gasteiger partial charge on any atom is -0.374 e. The van der Waals surface area contributed by atoms with Gasteiger partial charge in [-0.15, -0.1) is 0 Å². The number of nitrogens with zero attached hydrogens (tertiary/aromatic N) is 2. The molecule has 1 fully saturated rings. The summed E-state index contributed by atoms with van der Waals surface area (Å²) in [6, 6.07) is 1.90. The maximum Gasteiger partial charge on any atom is 0.164 e. The Morgan fingerprint density at radius 2 is 2.33 bits per heavy atom. The number of ether oxygens (including phenoxy) is 1. The van der Waals surface area contributed by atoms with Crippen LogP contribution in [0.3, 0.4) is 0 Å². The van der Waals surface area contributed by atoms with E-state index in [0.717, 1.165) is 38.3 Å². The lowest BCUT2D eigenvalue weighted by Crippen LogP contribution is -2.43. The Kier molecular flexibility index (Phi) is 4.55. The fourth-order valence-electron chi connectivity index (χ4n) is 2.34. The molecule has 1 saturated heterocycles. The van der Waals surface area contributed by atoms with Crippen molar-refractivity contribution in [2.75, 3.05) is 26.2 Å². The highest BCUT2D eigenvalue weighted by Crippen LogP contribution is 2.10. The number of likely N-dealkylation sites (N-methyl/N-ethyl adjacent to an activating group) is 1. The molecule has 4 heteroatoms. The maximum atomic E-state index is 11.6. The molecule has 0 bridgehead atoms. The number of hydrogen-bond donors (Lipinski definition) is 0. The predicted octanol–water partition coefficient (Wildman–Crippen LogP) is 1.80.